The molecule has 5 nitrogen and oxygen atoms in total. The highest BCUT2D eigenvalue weighted by Gasteiger charge is 2.07. The number of amides is 1. The molecule has 1 amide bonds. The lowest BCUT2D eigenvalue weighted by molar-refractivity contribution is -0.105. The summed E-state index contributed by atoms with van der Waals surface area (Å²) in [6.07, 6.45) is 0.571. The minimum absolute atomic E-state index is 0.480. The Kier molecular flexibility index (Phi) is 3.01. The van der Waals surface area contributed by atoms with Crippen molar-refractivity contribution >= 4 is 28.8 Å². The lowest BCUT2D eigenvalue weighted by atomic mass is 10.1. The number of hydrogen-bond donors (Lipinski definition) is 2. The Hall–Kier alpha value is -2.61. The summed E-state index contributed by atoms with van der Waals surface area (Å²) < 4.78 is 7.01. The van der Waals surface area contributed by atoms with E-state index in [1.165, 1.54) is 6.33 Å². The Morgan fingerprint density at radius 3 is 2.94 bits per heavy atom. The summed E-state index contributed by atoms with van der Waals surface area (Å²) in [6.45, 7) is 1.70. The highest BCUT2D eigenvalue weighted by Crippen LogP contribution is 2.25. The van der Waals surface area contributed by atoms with Crippen molar-refractivity contribution in [2.24, 2.45) is 0 Å². The van der Waals surface area contributed by atoms with E-state index >= 15 is 0 Å². The molecule has 0 atom stereocenters. The fourth-order valence-corrected chi connectivity index (χ4v) is 1.70. The van der Waals surface area contributed by atoms with Crippen molar-refractivity contribution in [3.63, 3.8) is 0 Å². The summed E-state index contributed by atoms with van der Waals surface area (Å²) in [5.41, 5.74) is 1.82. The number of nitrogens with one attached hydrogen (secondary N) is 2. The van der Waals surface area contributed by atoms with Crippen molar-refractivity contribution in [2.75, 3.05) is 17.7 Å². The zero-order valence-corrected chi connectivity index (χ0v) is 10.0. The van der Waals surface area contributed by atoms with Gasteiger partial charge in [-0.15, -0.1) is 5.92 Å². The topological polar surface area (TPSA) is 66.9 Å². The maximum Gasteiger partial charge on any atom is 0.211 e. The molecule has 1 aromatic carbocycles. The SMILES string of the molecule is [3H]C(=O)Nc1cc2c(NC)ncnc2cc1C#CC. The Labute approximate surface area is 106 Å². The van der Waals surface area contributed by atoms with E-state index in [9.17, 15) is 4.79 Å². The Morgan fingerprint density at radius 2 is 2.28 bits per heavy atom. The predicted octanol–water partition coefficient (Wildman–Crippen LogP) is 1.61. The molecule has 0 aliphatic carbocycles. The zero-order valence-electron chi connectivity index (χ0n) is 11.0. The smallest absolute Gasteiger partial charge is 0.211 e. The van der Waals surface area contributed by atoms with Crippen LogP contribution in [0.2, 0.25) is 0 Å². The van der Waals surface area contributed by atoms with Crippen molar-refractivity contribution < 1.29 is 6.17 Å². The van der Waals surface area contributed by atoms with Crippen molar-refractivity contribution in [1.82, 2.24) is 9.97 Å². The maximum absolute atomic E-state index is 10.9. The largest absolute Gasteiger partial charge is 0.373 e. The van der Waals surface area contributed by atoms with E-state index in [4.69, 9.17) is 1.37 Å². The van der Waals surface area contributed by atoms with Crippen molar-refractivity contribution in [1.29, 1.82) is 0 Å². The summed E-state index contributed by atoms with van der Waals surface area (Å²) in [4.78, 5) is 19.2. The molecule has 0 saturated heterocycles. The zero-order chi connectivity index (χ0) is 13.8. The molecule has 1 heterocycles. The molecule has 0 aliphatic rings. The molecule has 0 spiro atoms. The summed E-state index contributed by atoms with van der Waals surface area (Å²) in [6, 6.07) is 3.48. The lowest BCUT2D eigenvalue weighted by Gasteiger charge is -2.08. The molecule has 5 heteroatoms. The minimum Gasteiger partial charge on any atom is -0.373 e. The van der Waals surface area contributed by atoms with E-state index in [1.807, 2.05) is 0 Å². The van der Waals surface area contributed by atoms with Crippen LogP contribution in [0, 0.1) is 11.8 Å². The fourth-order valence-electron chi connectivity index (χ4n) is 1.70. The molecular weight excluding hydrogens is 228 g/mol. The van der Waals surface area contributed by atoms with Crippen LogP contribution in [-0.2, 0) is 4.79 Å². The van der Waals surface area contributed by atoms with Crippen LogP contribution < -0.4 is 10.6 Å². The Morgan fingerprint density at radius 1 is 1.44 bits per heavy atom. The summed E-state index contributed by atoms with van der Waals surface area (Å²) >= 11 is 0. The van der Waals surface area contributed by atoms with Gasteiger partial charge in [-0.2, -0.15) is 0 Å². The van der Waals surface area contributed by atoms with Gasteiger partial charge in [-0.1, -0.05) is 5.92 Å². The Bertz CT molecular complexity index is 703. The Balaban J connectivity index is 2.71. The van der Waals surface area contributed by atoms with Crippen LogP contribution >= 0.6 is 0 Å². The van der Waals surface area contributed by atoms with Crippen LogP contribution in [0.1, 0.15) is 13.9 Å². The number of nitrogens with zero attached hydrogens (tertiary/aromatic N) is 2. The highest BCUT2D eigenvalue weighted by atomic mass is 16.1. The van der Waals surface area contributed by atoms with Crippen LogP contribution in [0.3, 0.4) is 0 Å². The van der Waals surface area contributed by atoms with Crippen LogP contribution in [0.15, 0.2) is 18.5 Å². The van der Waals surface area contributed by atoms with Crippen molar-refractivity contribution in [3.05, 3.63) is 24.0 Å². The molecule has 18 heavy (non-hydrogen) atoms. The van der Waals surface area contributed by atoms with Gasteiger partial charge in [0.25, 0.3) is 0 Å². The third-order valence-electron chi connectivity index (χ3n) is 2.46. The molecule has 0 unspecified atom stereocenters. The van der Waals surface area contributed by atoms with Gasteiger partial charge in [-0.25, -0.2) is 9.97 Å². The van der Waals surface area contributed by atoms with Gasteiger partial charge < -0.3 is 10.6 Å². The molecule has 0 aliphatic heterocycles. The van der Waals surface area contributed by atoms with Gasteiger partial charge in [0.2, 0.25) is 6.39 Å². The molecule has 2 aromatic rings. The van der Waals surface area contributed by atoms with E-state index in [0.717, 1.165) is 10.9 Å². The molecule has 1 aromatic heterocycles. The van der Waals surface area contributed by atoms with Crippen LogP contribution in [0.25, 0.3) is 10.9 Å². The number of rotatable bonds is 2. The number of anilines is 2. The third kappa shape index (κ3) is 2.09. The second-order valence-electron chi connectivity index (χ2n) is 3.49. The van der Waals surface area contributed by atoms with E-state index in [2.05, 4.69) is 32.4 Å². The van der Waals surface area contributed by atoms with E-state index in [-0.39, 0.29) is 0 Å². The van der Waals surface area contributed by atoms with Gasteiger partial charge in [0.05, 0.1) is 16.8 Å². The minimum atomic E-state index is -0.888. The second-order valence-corrected chi connectivity index (χ2v) is 3.49. The first kappa shape index (κ1) is 10.5. The van der Waals surface area contributed by atoms with Gasteiger partial charge in [0.1, 0.15) is 13.5 Å². The van der Waals surface area contributed by atoms with Crippen molar-refractivity contribution in [3.8, 4) is 11.8 Å². The fraction of sp³-hybridized carbons (Fsp3) is 0.154. The normalized spacial score (nSPS) is 10.2. The summed E-state index contributed by atoms with van der Waals surface area (Å²) in [7, 11) is 1.75. The number of hydrogen-bond acceptors (Lipinski definition) is 4. The third-order valence-corrected chi connectivity index (χ3v) is 2.46. The molecular formula is C13H12N4O. The van der Waals surface area contributed by atoms with Crippen LogP contribution in [-0.4, -0.2) is 23.4 Å². The first-order valence-corrected chi connectivity index (χ1v) is 5.32. The first-order valence-electron chi connectivity index (χ1n) is 5.82. The maximum atomic E-state index is 10.9. The predicted molar refractivity (Wildman–Crippen MR) is 71.3 cm³/mol. The second kappa shape index (κ2) is 5.15. The molecule has 0 radical (unpaired) electrons. The molecule has 2 N–H and O–H groups in total. The van der Waals surface area contributed by atoms with Gasteiger partial charge in [0, 0.05) is 12.4 Å². The first-order chi connectivity index (χ1) is 9.15. The number of carbonyl (C=O) groups excluding carboxylic acids is 1. The van der Waals surface area contributed by atoms with Gasteiger partial charge in [0.15, 0.2) is 0 Å². The average molecular weight is 242 g/mol. The van der Waals surface area contributed by atoms with Gasteiger partial charge in [-0.3, -0.25) is 4.79 Å². The van der Waals surface area contributed by atoms with Crippen LogP contribution in [0.5, 0.6) is 0 Å². The van der Waals surface area contributed by atoms with E-state index < -0.39 is 6.39 Å². The van der Waals surface area contributed by atoms with E-state index in [0.29, 0.717) is 17.1 Å². The molecule has 90 valence electrons. The van der Waals surface area contributed by atoms with Crippen LogP contribution in [0.4, 0.5) is 11.5 Å². The molecule has 2 rings (SSSR count). The van der Waals surface area contributed by atoms with Gasteiger partial charge >= 0.3 is 0 Å². The quantitative estimate of drug-likeness (QED) is 0.620. The molecule has 0 fully saturated rings. The number of carbonyl (C=O) groups is 1. The standard InChI is InChI=1S/C13H12N4O/c1-3-4-9-5-12-10(6-11(9)17-8-18)13(14-2)16-7-15-12/h5-8H,1-2H3,(H,17,18)(H,14,15,16)/i8T. The summed E-state index contributed by atoms with van der Waals surface area (Å²) in [5, 5.41) is 6.16. The summed E-state index contributed by atoms with van der Waals surface area (Å²) in [5.74, 6) is 6.31. The lowest BCUT2D eigenvalue weighted by Crippen LogP contribution is -2.00. The number of fused-ring (bicyclic) bond motifs is 1. The van der Waals surface area contributed by atoms with Crippen molar-refractivity contribution in [2.45, 2.75) is 6.92 Å². The highest BCUT2D eigenvalue weighted by molar-refractivity contribution is 5.95. The van der Waals surface area contributed by atoms with E-state index in [1.54, 1.807) is 26.1 Å². The number of aromatic nitrogens is 2. The monoisotopic (exact) mass is 242 g/mol. The van der Waals surface area contributed by atoms with Gasteiger partial charge in [-0.05, 0) is 19.1 Å². The molecule has 0 bridgehead atoms. The molecule has 0 saturated carbocycles. The number of benzene rings is 1. The average Bonchev–Trinajstić information content (AvgIpc) is 2.38.